The highest BCUT2D eigenvalue weighted by molar-refractivity contribution is 6.31. The largest absolute Gasteiger partial charge is 0.353 e. The van der Waals surface area contributed by atoms with Crippen molar-refractivity contribution in [3.63, 3.8) is 0 Å². The molecule has 0 unspecified atom stereocenters. The number of nitrogens with zero attached hydrogens (tertiary/aromatic N) is 4. The molecule has 3 rings (SSSR count). The lowest BCUT2D eigenvalue weighted by Gasteiger charge is -2.36. The number of benzene rings is 1. The summed E-state index contributed by atoms with van der Waals surface area (Å²) in [7, 11) is 0. The number of hydrogen-bond donors (Lipinski definition) is 0. The van der Waals surface area contributed by atoms with Gasteiger partial charge in [0.1, 0.15) is 17.5 Å². The minimum atomic E-state index is -0.324. The van der Waals surface area contributed by atoms with Crippen LogP contribution in [0.4, 0.5) is 10.2 Å². The number of halogens is 2. The van der Waals surface area contributed by atoms with Crippen molar-refractivity contribution in [2.75, 3.05) is 31.1 Å². The highest BCUT2D eigenvalue weighted by Crippen LogP contribution is 2.30. The van der Waals surface area contributed by atoms with Crippen LogP contribution in [-0.4, -0.2) is 47.0 Å². The molecule has 1 aliphatic heterocycles. The zero-order valence-electron chi connectivity index (χ0n) is 17.5. The molecule has 1 fully saturated rings. The van der Waals surface area contributed by atoms with Gasteiger partial charge in [0, 0.05) is 67.3 Å². The van der Waals surface area contributed by atoms with E-state index < -0.39 is 0 Å². The summed E-state index contributed by atoms with van der Waals surface area (Å²) in [6, 6.07) is 4.74. The Labute approximate surface area is 176 Å². The van der Waals surface area contributed by atoms with Crippen molar-refractivity contribution in [2.24, 2.45) is 0 Å². The Kier molecular flexibility index (Phi) is 6.73. The monoisotopic (exact) mass is 418 g/mol. The molecule has 2 heterocycles. The lowest BCUT2D eigenvalue weighted by Crippen LogP contribution is -2.48. The van der Waals surface area contributed by atoms with Crippen molar-refractivity contribution in [1.82, 2.24) is 14.9 Å². The standard InChI is InChI=1S/C22H28ClFN4O/c1-5-14(2)21-25-15(3)17(13-18-19(23)7-6-8-20(18)24)22(26-21)28-11-9-27(10-12-28)16(4)29/h6-8,14H,5,9-13H2,1-4H3/t14-/m0/s1. The number of piperazine rings is 1. The van der Waals surface area contributed by atoms with Gasteiger partial charge in [0.15, 0.2) is 0 Å². The van der Waals surface area contributed by atoms with Crippen LogP contribution >= 0.6 is 11.6 Å². The van der Waals surface area contributed by atoms with E-state index >= 15 is 0 Å². The van der Waals surface area contributed by atoms with Crippen LogP contribution in [0.5, 0.6) is 0 Å². The van der Waals surface area contributed by atoms with E-state index in [0.29, 0.717) is 43.2 Å². The van der Waals surface area contributed by atoms with Crippen molar-refractivity contribution in [3.05, 3.63) is 51.7 Å². The summed E-state index contributed by atoms with van der Waals surface area (Å²) in [6.45, 7) is 10.4. The number of carbonyl (C=O) groups excluding carboxylic acids is 1. The molecule has 1 amide bonds. The average molecular weight is 419 g/mol. The third-order valence-electron chi connectivity index (χ3n) is 5.70. The maximum absolute atomic E-state index is 14.5. The van der Waals surface area contributed by atoms with Crippen LogP contribution in [0, 0.1) is 12.7 Å². The van der Waals surface area contributed by atoms with Gasteiger partial charge >= 0.3 is 0 Å². The molecule has 1 aromatic heterocycles. The highest BCUT2D eigenvalue weighted by Gasteiger charge is 2.25. The van der Waals surface area contributed by atoms with Gasteiger partial charge in [-0.2, -0.15) is 0 Å². The number of aryl methyl sites for hydroxylation is 1. The molecule has 1 aromatic carbocycles. The van der Waals surface area contributed by atoms with Gasteiger partial charge in [-0.3, -0.25) is 4.79 Å². The minimum Gasteiger partial charge on any atom is -0.353 e. The first kappa shape index (κ1) is 21.5. The maximum atomic E-state index is 14.5. The second kappa shape index (κ2) is 9.08. The quantitative estimate of drug-likeness (QED) is 0.724. The summed E-state index contributed by atoms with van der Waals surface area (Å²) < 4.78 is 14.5. The van der Waals surface area contributed by atoms with Crippen LogP contribution in [0.2, 0.25) is 5.02 Å². The molecule has 0 saturated carbocycles. The van der Waals surface area contributed by atoms with Crippen molar-refractivity contribution >= 4 is 23.3 Å². The normalized spacial score (nSPS) is 15.5. The molecule has 7 heteroatoms. The highest BCUT2D eigenvalue weighted by atomic mass is 35.5. The van der Waals surface area contributed by atoms with E-state index in [-0.39, 0.29) is 17.6 Å². The molecule has 5 nitrogen and oxygen atoms in total. The molecule has 156 valence electrons. The van der Waals surface area contributed by atoms with E-state index in [2.05, 4.69) is 18.7 Å². The van der Waals surface area contributed by atoms with E-state index in [1.165, 1.54) is 6.07 Å². The SMILES string of the molecule is CC[C@H](C)c1nc(C)c(Cc2c(F)cccc2Cl)c(N2CCN(C(C)=O)CC2)n1. The van der Waals surface area contributed by atoms with Crippen molar-refractivity contribution in [3.8, 4) is 0 Å². The van der Waals surface area contributed by atoms with Gasteiger partial charge in [-0.05, 0) is 25.5 Å². The Morgan fingerprint density at radius 3 is 2.48 bits per heavy atom. The molecule has 1 aliphatic rings. The molecule has 1 atom stereocenters. The van der Waals surface area contributed by atoms with Crippen molar-refractivity contribution in [1.29, 1.82) is 0 Å². The van der Waals surface area contributed by atoms with Gasteiger partial charge in [-0.15, -0.1) is 0 Å². The van der Waals surface area contributed by atoms with Gasteiger partial charge in [0.05, 0.1) is 0 Å². The topological polar surface area (TPSA) is 49.3 Å². The minimum absolute atomic E-state index is 0.0853. The number of anilines is 1. The smallest absolute Gasteiger partial charge is 0.219 e. The lowest BCUT2D eigenvalue weighted by atomic mass is 10.0. The zero-order chi connectivity index (χ0) is 21.1. The summed E-state index contributed by atoms with van der Waals surface area (Å²) in [5.74, 6) is 1.63. The van der Waals surface area contributed by atoms with Gasteiger partial charge in [-0.1, -0.05) is 31.5 Å². The second-order valence-electron chi connectivity index (χ2n) is 7.65. The summed E-state index contributed by atoms with van der Waals surface area (Å²) in [5, 5.41) is 0.405. The fourth-order valence-corrected chi connectivity index (χ4v) is 3.81. The summed E-state index contributed by atoms with van der Waals surface area (Å²) in [5.41, 5.74) is 2.19. The van der Waals surface area contributed by atoms with E-state index in [9.17, 15) is 9.18 Å². The molecule has 0 bridgehead atoms. The molecule has 0 aliphatic carbocycles. The van der Waals surface area contributed by atoms with Crippen LogP contribution < -0.4 is 4.90 Å². The first-order valence-corrected chi connectivity index (χ1v) is 10.5. The first-order chi connectivity index (χ1) is 13.8. The third kappa shape index (κ3) is 4.69. The van der Waals surface area contributed by atoms with E-state index in [4.69, 9.17) is 21.6 Å². The number of carbonyl (C=O) groups is 1. The fourth-order valence-electron chi connectivity index (χ4n) is 3.58. The molecule has 0 radical (unpaired) electrons. The second-order valence-corrected chi connectivity index (χ2v) is 8.06. The Bertz CT molecular complexity index is 876. The number of amides is 1. The Morgan fingerprint density at radius 1 is 1.21 bits per heavy atom. The lowest BCUT2D eigenvalue weighted by molar-refractivity contribution is -0.129. The summed E-state index contributed by atoms with van der Waals surface area (Å²) in [4.78, 5) is 25.3. The molecule has 0 spiro atoms. The number of rotatable bonds is 5. The molecule has 1 saturated heterocycles. The van der Waals surface area contributed by atoms with E-state index in [1.54, 1.807) is 19.1 Å². The summed E-state index contributed by atoms with van der Waals surface area (Å²) in [6.07, 6.45) is 1.27. The van der Waals surface area contributed by atoms with Crippen LogP contribution in [0.1, 0.15) is 55.8 Å². The molecular formula is C22H28ClFN4O. The summed E-state index contributed by atoms with van der Waals surface area (Å²) >= 11 is 6.29. The third-order valence-corrected chi connectivity index (χ3v) is 6.06. The first-order valence-electron chi connectivity index (χ1n) is 10.1. The average Bonchev–Trinajstić information content (AvgIpc) is 2.71. The maximum Gasteiger partial charge on any atom is 0.219 e. The molecule has 0 N–H and O–H groups in total. The van der Waals surface area contributed by atoms with Gasteiger partial charge in [0.25, 0.3) is 0 Å². The van der Waals surface area contributed by atoms with E-state index in [0.717, 1.165) is 29.3 Å². The van der Waals surface area contributed by atoms with Crippen molar-refractivity contribution in [2.45, 2.75) is 46.5 Å². The Balaban J connectivity index is 2.02. The van der Waals surface area contributed by atoms with Gasteiger partial charge < -0.3 is 9.80 Å². The van der Waals surface area contributed by atoms with Crippen LogP contribution in [0.3, 0.4) is 0 Å². The number of hydrogen-bond acceptors (Lipinski definition) is 4. The van der Waals surface area contributed by atoms with Gasteiger partial charge in [0.2, 0.25) is 5.91 Å². The molecular weight excluding hydrogens is 391 g/mol. The fraction of sp³-hybridized carbons (Fsp3) is 0.500. The van der Waals surface area contributed by atoms with E-state index in [1.807, 2.05) is 11.8 Å². The van der Waals surface area contributed by atoms with Crippen molar-refractivity contribution < 1.29 is 9.18 Å². The molecule has 2 aromatic rings. The Hall–Kier alpha value is -2.21. The van der Waals surface area contributed by atoms with Crippen LogP contribution in [-0.2, 0) is 11.2 Å². The number of aromatic nitrogens is 2. The zero-order valence-corrected chi connectivity index (χ0v) is 18.3. The van der Waals surface area contributed by atoms with Crippen LogP contribution in [0.15, 0.2) is 18.2 Å². The predicted molar refractivity (Wildman–Crippen MR) is 114 cm³/mol. The van der Waals surface area contributed by atoms with Crippen LogP contribution in [0.25, 0.3) is 0 Å². The predicted octanol–water partition coefficient (Wildman–Crippen LogP) is 4.35. The molecule has 29 heavy (non-hydrogen) atoms. The van der Waals surface area contributed by atoms with Gasteiger partial charge in [-0.25, -0.2) is 14.4 Å². The Morgan fingerprint density at radius 2 is 1.90 bits per heavy atom.